The number of aromatic amines is 1. The second-order valence-corrected chi connectivity index (χ2v) is 6.52. The predicted octanol–water partition coefficient (Wildman–Crippen LogP) is 2.66. The number of piperidine rings is 1. The first kappa shape index (κ1) is 14.8. The average Bonchev–Trinajstić information content (AvgIpc) is 2.87. The molecule has 1 aromatic heterocycles. The van der Waals surface area contributed by atoms with E-state index in [9.17, 15) is 10.1 Å². The van der Waals surface area contributed by atoms with Gasteiger partial charge in [0.15, 0.2) is 0 Å². The molecule has 3 N–H and O–H groups in total. The Hall–Kier alpha value is -2.15. The van der Waals surface area contributed by atoms with Gasteiger partial charge in [-0.25, -0.2) is 4.98 Å². The Kier molecular flexibility index (Phi) is 3.74. The van der Waals surface area contributed by atoms with Gasteiger partial charge < -0.3 is 15.6 Å². The summed E-state index contributed by atoms with van der Waals surface area (Å²) in [6, 6.07) is 5.02. The molecule has 1 aromatic carbocycles. The topological polar surface area (TPSA) is 95.9 Å². The molecule has 1 fully saturated rings. The minimum absolute atomic E-state index is 0.0674. The number of aromatic nitrogens is 2. The molecule has 0 bridgehead atoms. The molecule has 1 aliphatic heterocycles. The van der Waals surface area contributed by atoms with Gasteiger partial charge in [0.1, 0.15) is 0 Å². The molecule has 0 radical (unpaired) electrons. The van der Waals surface area contributed by atoms with Crippen LogP contribution in [0.5, 0.6) is 0 Å². The molecule has 1 unspecified atom stereocenters. The zero-order valence-corrected chi connectivity index (χ0v) is 12.8. The van der Waals surface area contributed by atoms with Crippen molar-refractivity contribution < 1.29 is 4.92 Å². The highest BCUT2D eigenvalue weighted by molar-refractivity contribution is 5.79. The molecule has 1 saturated heterocycles. The number of benzene rings is 1. The van der Waals surface area contributed by atoms with Gasteiger partial charge in [-0.1, -0.05) is 13.8 Å². The van der Waals surface area contributed by atoms with E-state index in [1.54, 1.807) is 6.07 Å². The number of H-pyrrole nitrogens is 1. The summed E-state index contributed by atoms with van der Waals surface area (Å²) in [7, 11) is 0. The van der Waals surface area contributed by atoms with Crippen molar-refractivity contribution >= 4 is 22.7 Å². The van der Waals surface area contributed by atoms with Crippen LogP contribution in [-0.4, -0.2) is 34.0 Å². The predicted molar refractivity (Wildman–Crippen MR) is 86.0 cm³/mol. The summed E-state index contributed by atoms with van der Waals surface area (Å²) in [4.78, 5) is 17.9. The number of nitrogens with zero attached hydrogens (tertiary/aromatic N) is 2. The summed E-state index contributed by atoms with van der Waals surface area (Å²) >= 11 is 0. The van der Waals surface area contributed by atoms with E-state index in [0.717, 1.165) is 18.6 Å². The highest BCUT2D eigenvalue weighted by atomic mass is 16.6. The first-order valence-electron chi connectivity index (χ1n) is 7.57. The Morgan fingerprint density at radius 1 is 1.50 bits per heavy atom. The van der Waals surface area contributed by atoms with Crippen molar-refractivity contribution in [2.24, 2.45) is 5.41 Å². The highest BCUT2D eigenvalue weighted by Gasteiger charge is 2.31. The number of nitro groups is 1. The van der Waals surface area contributed by atoms with Gasteiger partial charge in [-0.15, -0.1) is 0 Å². The number of hydrogen-bond donors (Lipinski definition) is 3. The van der Waals surface area contributed by atoms with Gasteiger partial charge in [-0.3, -0.25) is 10.1 Å². The second kappa shape index (κ2) is 5.57. The van der Waals surface area contributed by atoms with Gasteiger partial charge in [-0.05, 0) is 30.9 Å². The lowest BCUT2D eigenvalue weighted by Gasteiger charge is -2.39. The molecule has 0 saturated carbocycles. The van der Waals surface area contributed by atoms with Crippen molar-refractivity contribution in [2.75, 3.05) is 18.4 Å². The summed E-state index contributed by atoms with van der Waals surface area (Å²) in [5, 5.41) is 17.7. The molecule has 7 heteroatoms. The van der Waals surface area contributed by atoms with Crippen molar-refractivity contribution in [3.63, 3.8) is 0 Å². The summed E-state index contributed by atoms with van der Waals surface area (Å²) in [6.07, 6.45) is 2.41. The van der Waals surface area contributed by atoms with Gasteiger partial charge in [0.05, 0.1) is 16.0 Å². The van der Waals surface area contributed by atoms with E-state index in [2.05, 4.69) is 34.4 Å². The maximum Gasteiger partial charge on any atom is 0.271 e. The SMILES string of the molecule is CC1(C)CCCNC1CNc1nc2ccc([N+](=O)[O-])cc2[nH]1. The molecule has 22 heavy (non-hydrogen) atoms. The fourth-order valence-corrected chi connectivity index (χ4v) is 3.01. The lowest BCUT2D eigenvalue weighted by atomic mass is 9.77. The number of anilines is 1. The Morgan fingerprint density at radius 3 is 3.05 bits per heavy atom. The van der Waals surface area contributed by atoms with Crippen LogP contribution >= 0.6 is 0 Å². The molecule has 118 valence electrons. The molecule has 0 aliphatic carbocycles. The summed E-state index contributed by atoms with van der Waals surface area (Å²) in [5.41, 5.74) is 1.71. The minimum atomic E-state index is -0.401. The van der Waals surface area contributed by atoms with E-state index in [-0.39, 0.29) is 11.1 Å². The van der Waals surface area contributed by atoms with Crippen molar-refractivity contribution in [1.82, 2.24) is 15.3 Å². The largest absolute Gasteiger partial charge is 0.354 e. The van der Waals surface area contributed by atoms with Crippen molar-refractivity contribution in [3.05, 3.63) is 28.3 Å². The summed E-state index contributed by atoms with van der Waals surface area (Å²) in [6.45, 7) is 6.36. The van der Waals surface area contributed by atoms with E-state index < -0.39 is 4.92 Å². The molecule has 0 spiro atoms. The molecule has 0 amide bonds. The molecule has 7 nitrogen and oxygen atoms in total. The molecule has 1 atom stereocenters. The van der Waals surface area contributed by atoms with Crippen molar-refractivity contribution in [3.8, 4) is 0 Å². The van der Waals surface area contributed by atoms with Crippen LogP contribution in [0, 0.1) is 15.5 Å². The quantitative estimate of drug-likeness (QED) is 0.596. The van der Waals surface area contributed by atoms with E-state index >= 15 is 0 Å². The maximum atomic E-state index is 10.8. The smallest absolute Gasteiger partial charge is 0.271 e. The number of rotatable bonds is 4. The number of fused-ring (bicyclic) bond motifs is 1. The first-order valence-corrected chi connectivity index (χ1v) is 7.57. The normalized spacial score (nSPS) is 20.9. The van der Waals surface area contributed by atoms with E-state index in [4.69, 9.17) is 0 Å². The zero-order chi connectivity index (χ0) is 15.7. The van der Waals surface area contributed by atoms with Gasteiger partial charge in [0.25, 0.3) is 5.69 Å². The van der Waals surface area contributed by atoms with Crippen LogP contribution in [0.1, 0.15) is 26.7 Å². The molecule has 1 aliphatic rings. The van der Waals surface area contributed by atoms with E-state index in [1.165, 1.54) is 25.0 Å². The molecular weight excluding hydrogens is 282 g/mol. The zero-order valence-electron chi connectivity index (χ0n) is 12.8. The first-order chi connectivity index (χ1) is 10.5. The molecule has 2 heterocycles. The Bertz CT molecular complexity index is 694. The summed E-state index contributed by atoms with van der Waals surface area (Å²) < 4.78 is 0. The standard InChI is InChI=1S/C15H21N5O2/c1-15(2)6-3-7-16-13(15)9-17-14-18-11-5-4-10(20(21)22)8-12(11)19-14/h4-5,8,13,16H,3,6-7,9H2,1-2H3,(H2,17,18,19). The Morgan fingerprint density at radius 2 is 2.32 bits per heavy atom. The Labute approximate surface area is 128 Å². The van der Waals surface area contributed by atoms with Crippen LogP contribution in [-0.2, 0) is 0 Å². The van der Waals surface area contributed by atoms with Gasteiger partial charge in [0.2, 0.25) is 5.95 Å². The van der Waals surface area contributed by atoms with Crippen LogP contribution in [0.25, 0.3) is 11.0 Å². The second-order valence-electron chi connectivity index (χ2n) is 6.52. The molecule has 2 aromatic rings. The average molecular weight is 303 g/mol. The molecule has 3 rings (SSSR count). The van der Waals surface area contributed by atoms with E-state index in [0.29, 0.717) is 17.5 Å². The third-order valence-electron chi connectivity index (χ3n) is 4.48. The minimum Gasteiger partial charge on any atom is -0.354 e. The number of nitro benzene ring substituents is 1. The molecular formula is C15H21N5O2. The summed E-state index contributed by atoms with van der Waals surface area (Å²) in [5.74, 6) is 0.652. The van der Waals surface area contributed by atoms with Crippen LogP contribution in [0.3, 0.4) is 0 Å². The van der Waals surface area contributed by atoms with Crippen molar-refractivity contribution in [2.45, 2.75) is 32.7 Å². The Balaban J connectivity index is 1.72. The number of nitrogens with one attached hydrogen (secondary N) is 3. The number of imidazole rings is 1. The highest BCUT2D eigenvalue weighted by Crippen LogP contribution is 2.30. The van der Waals surface area contributed by atoms with Gasteiger partial charge >= 0.3 is 0 Å². The fraction of sp³-hybridized carbons (Fsp3) is 0.533. The van der Waals surface area contributed by atoms with Crippen LogP contribution in [0.4, 0.5) is 11.6 Å². The lowest BCUT2D eigenvalue weighted by molar-refractivity contribution is -0.384. The van der Waals surface area contributed by atoms with Crippen LogP contribution in [0.2, 0.25) is 0 Å². The van der Waals surface area contributed by atoms with Crippen molar-refractivity contribution in [1.29, 1.82) is 0 Å². The third kappa shape index (κ3) is 2.89. The number of non-ortho nitro benzene ring substituents is 1. The van der Waals surface area contributed by atoms with Gasteiger partial charge in [0, 0.05) is 24.7 Å². The number of hydrogen-bond acceptors (Lipinski definition) is 5. The lowest BCUT2D eigenvalue weighted by Crippen LogP contribution is -2.50. The monoisotopic (exact) mass is 303 g/mol. The van der Waals surface area contributed by atoms with Gasteiger partial charge in [-0.2, -0.15) is 0 Å². The fourth-order valence-electron chi connectivity index (χ4n) is 3.01. The third-order valence-corrected chi connectivity index (χ3v) is 4.48. The van der Waals surface area contributed by atoms with E-state index in [1.807, 2.05) is 0 Å². The van der Waals surface area contributed by atoms with Crippen LogP contribution < -0.4 is 10.6 Å². The van der Waals surface area contributed by atoms with Crippen LogP contribution in [0.15, 0.2) is 18.2 Å². The maximum absolute atomic E-state index is 10.8.